The first-order chi connectivity index (χ1) is 9.60. The topological polar surface area (TPSA) is 24.9 Å². The van der Waals surface area contributed by atoms with Crippen LogP contribution in [-0.2, 0) is 6.42 Å². The molecule has 0 saturated carbocycles. The van der Waals surface area contributed by atoms with Crippen LogP contribution in [0.15, 0.2) is 24.4 Å². The van der Waals surface area contributed by atoms with Crippen LogP contribution in [0.2, 0.25) is 5.02 Å². The Morgan fingerprint density at radius 3 is 2.90 bits per heavy atom. The van der Waals surface area contributed by atoms with Crippen molar-refractivity contribution in [3.63, 3.8) is 0 Å². The second-order valence-electron chi connectivity index (χ2n) is 4.73. The van der Waals surface area contributed by atoms with Crippen molar-refractivity contribution in [3.8, 4) is 0 Å². The number of rotatable bonds is 6. The molecule has 0 bridgehead atoms. The average Bonchev–Trinajstić information content (AvgIpc) is 2.85. The molecule has 5 heteroatoms. The Labute approximate surface area is 128 Å². The van der Waals surface area contributed by atoms with E-state index in [9.17, 15) is 4.39 Å². The zero-order valence-electron chi connectivity index (χ0n) is 11.6. The summed E-state index contributed by atoms with van der Waals surface area (Å²) in [5.41, 5.74) is 0.636. The molecule has 108 valence electrons. The summed E-state index contributed by atoms with van der Waals surface area (Å²) >= 11 is 7.60. The van der Waals surface area contributed by atoms with Gasteiger partial charge in [-0.05, 0) is 50.1 Å². The van der Waals surface area contributed by atoms with E-state index in [1.807, 2.05) is 13.1 Å². The molecule has 1 aromatic heterocycles. The molecular formula is C15H18ClFN2S. The van der Waals surface area contributed by atoms with Gasteiger partial charge in [0.05, 0.1) is 5.01 Å². The van der Waals surface area contributed by atoms with E-state index in [1.54, 1.807) is 23.5 Å². The minimum Gasteiger partial charge on any atom is -0.309 e. The zero-order chi connectivity index (χ0) is 14.5. The third-order valence-corrected chi connectivity index (χ3v) is 4.32. The maximum Gasteiger partial charge on any atom is 0.126 e. The van der Waals surface area contributed by atoms with E-state index in [1.165, 1.54) is 6.07 Å². The summed E-state index contributed by atoms with van der Waals surface area (Å²) in [5.74, 6) is -0.209. The molecule has 2 rings (SSSR count). The molecule has 2 nitrogen and oxygen atoms in total. The van der Waals surface area contributed by atoms with Crippen LogP contribution in [0, 0.1) is 12.7 Å². The van der Waals surface area contributed by atoms with Gasteiger partial charge in [-0.2, -0.15) is 0 Å². The summed E-state index contributed by atoms with van der Waals surface area (Å²) in [6.45, 7) is 4.98. The molecule has 0 aliphatic rings. The largest absolute Gasteiger partial charge is 0.309 e. The molecule has 0 radical (unpaired) electrons. The Balaban J connectivity index is 2.21. The molecule has 0 saturated heterocycles. The SMILES string of the molecule is CCCNC(Cc1cc(Cl)ccc1F)c1cnc(C)s1. The van der Waals surface area contributed by atoms with Gasteiger partial charge in [0.2, 0.25) is 0 Å². The molecule has 0 aliphatic heterocycles. The van der Waals surface area contributed by atoms with Gasteiger partial charge in [0.15, 0.2) is 0 Å². The standard InChI is InChI=1S/C15H18ClFN2S/c1-3-6-18-14(15-9-19-10(2)20-15)8-11-7-12(16)4-5-13(11)17/h4-5,7,9,14,18H,3,6,8H2,1-2H3. The quantitative estimate of drug-likeness (QED) is 0.848. The highest BCUT2D eigenvalue weighted by Gasteiger charge is 2.16. The number of hydrogen-bond donors (Lipinski definition) is 1. The van der Waals surface area contributed by atoms with Gasteiger partial charge in [0.25, 0.3) is 0 Å². The van der Waals surface area contributed by atoms with E-state index in [0.717, 1.165) is 22.9 Å². The summed E-state index contributed by atoms with van der Waals surface area (Å²) in [4.78, 5) is 5.42. The van der Waals surface area contributed by atoms with Crippen LogP contribution < -0.4 is 5.32 Å². The molecule has 0 amide bonds. The molecule has 2 aromatic rings. The number of thiazole rings is 1. The lowest BCUT2D eigenvalue weighted by atomic mass is 10.0. The van der Waals surface area contributed by atoms with Gasteiger partial charge in [-0.1, -0.05) is 18.5 Å². The maximum absolute atomic E-state index is 13.9. The lowest BCUT2D eigenvalue weighted by molar-refractivity contribution is 0.518. The van der Waals surface area contributed by atoms with Crippen molar-refractivity contribution in [2.24, 2.45) is 0 Å². The lowest BCUT2D eigenvalue weighted by Gasteiger charge is -2.17. The molecule has 1 heterocycles. The fraction of sp³-hybridized carbons (Fsp3) is 0.400. The van der Waals surface area contributed by atoms with Gasteiger partial charge in [0, 0.05) is 22.1 Å². The summed E-state index contributed by atoms with van der Waals surface area (Å²) in [6, 6.07) is 4.78. The van der Waals surface area contributed by atoms with Crippen LogP contribution >= 0.6 is 22.9 Å². The van der Waals surface area contributed by atoms with E-state index < -0.39 is 0 Å². The molecular weight excluding hydrogens is 295 g/mol. The number of benzene rings is 1. The molecule has 0 fully saturated rings. The van der Waals surface area contributed by atoms with Gasteiger partial charge in [-0.25, -0.2) is 9.37 Å². The summed E-state index contributed by atoms with van der Waals surface area (Å²) < 4.78 is 13.9. The van der Waals surface area contributed by atoms with Gasteiger partial charge in [-0.15, -0.1) is 11.3 Å². The van der Waals surface area contributed by atoms with Gasteiger partial charge in [0.1, 0.15) is 5.82 Å². The van der Waals surface area contributed by atoms with Crippen LogP contribution in [0.3, 0.4) is 0 Å². The van der Waals surface area contributed by atoms with Crippen LogP contribution in [0.4, 0.5) is 4.39 Å². The first kappa shape index (κ1) is 15.4. The predicted molar refractivity (Wildman–Crippen MR) is 83.0 cm³/mol. The number of hydrogen-bond acceptors (Lipinski definition) is 3. The van der Waals surface area contributed by atoms with Crippen molar-refractivity contribution in [2.75, 3.05) is 6.54 Å². The average molecular weight is 313 g/mol. The molecule has 0 spiro atoms. The Morgan fingerprint density at radius 2 is 2.25 bits per heavy atom. The van der Waals surface area contributed by atoms with E-state index in [-0.39, 0.29) is 11.9 Å². The minimum absolute atomic E-state index is 0.0779. The van der Waals surface area contributed by atoms with Gasteiger partial charge < -0.3 is 5.32 Å². The number of aromatic nitrogens is 1. The fourth-order valence-electron chi connectivity index (χ4n) is 2.05. The number of nitrogens with one attached hydrogen (secondary N) is 1. The third kappa shape index (κ3) is 4.01. The van der Waals surface area contributed by atoms with E-state index >= 15 is 0 Å². The maximum atomic E-state index is 13.9. The van der Waals surface area contributed by atoms with Crippen molar-refractivity contribution < 1.29 is 4.39 Å². The zero-order valence-corrected chi connectivity index (χ0v) is 13.2. The third-order valence-electron chi connectivity index (χ3n) is 3.06. The lowest BCUT2D eigenvalue weighted by Crippen LogP contribution is -2.23. The Kier molecular flexibility index (Phi) is 5.52. The molecule has 1 unspecified atom stereocenters. The predicted octanol–water partition coefficient (Wildman–Crippen LogP) is 4.53. The molecule has 20 heavy (non-hydrogen) atoms. The Morgan fingerprint density at radius 1 is 1.45 bits per heavy atom. The minimum atomic E-state index is -0.209. The number of aryl methyl sites for hydroxylation is 1. The first-order valence-corrected chi connectivity index (χ1v) is 7.89. The van der Waals surface area contributed by atoms with Crippen LogP contribution in [0.25, 0.3) is 0 Å². The highest BCUT2D eigenvalue weighted by Crippen LogP contribution is 2.26. The van der Waals surface area contributed by atoms with Crippen LogP contribution in [0.5, 0.6) is 0 Å². The van der Waals surface area contributed by atoms with Crippen molar-refractivity contribution in [2.45, 2.75) is 32.7 Å². The van der Waals surface area contributed by atoms with Crippen molar-refractivity contribution in [3.05, 3.63) is 50.7 Å². The fourth-order valence-corrected chi connectivity index (χ4v) is 3.11. The molecule has 0 aliphatic carbocycles. The monoisotopic (exact) mass is 312 g/mol. The second-order valence-corrected chi connectivity index (χ2v) is 6.43. The van der Waals surface area contributed by atoms with Gasteiger partial charge >= 0.3 is 0 Å². The number of nitrogens with zero attached hydrogens (tertiary/aromatic N) is 1. The van der Waals surface area contributed by atoms with E-state index in [0.29, 0.717) is 17.0 Å². The Bertz CT molecular complexity index is 571. The van der Waals surface area contributed by atoms with Crippen molar-refractivity contribution >= 4 is 22.9 Å². The molecule has 1 aromatic carbocycles. The molecule has 1 atom stereocenters. The number of halogens is 2. The smallest absolute Gasteiger partial charge is 0.126 e. The highest BCUT2D eigenvalue weighted by atomic mass is 35.5. The Hall–Kier alpha value is -0.970. The van der Waals surface area contributed by atoms with Crippen molar-refractivity contribution in [1.29, 1.82) is 0 Å². The van der Waals surface area contributed by atoms with E-state index in [2.05, 4.69) is 17.2 Å². The van der Waals surface area contributed by atoms with Crippen LogP contribution in [0.1, 0.15) is 34.8 Å². The summed E-state index contributed by atoms with van der Waals surface area (Å²) in [6.07, 6.45) is 3.48. The van der Waals surface area contributed by atoms with Crippen LogP contribution in [-0.4, -0.2) is 11.5 Å². The molecule has 1 N–H and O–H groups in total. The van der Waals surface area contributed by atoms with E-state index in [4.69, 9.17) is 11.6 Å². The summed E-state index contributed by atoms with van der Waals surface area (Å²) in [5, 5.41) is 5.04. The first-order valence-electron chi connectivity index (χ1n) is 6.69. The van der Waals surface area contributed by atoms with Crippen molar-refractivity contribution in [1.82, 2.24) is 10.3 Å². The highest BCUT2D eigenvalue weighted by molar-refractivity contribution is 7.11. The summed E-state index contributed by atoms with van der Waals surface area (Å²) in [7, 11) is 0. The second kappa shape index (κ2) is 7.16. The van der Waals surface area contributed by atoms with Gasteiger partial charge in [-0.3, -0.25) is 0 Å². The normalized spacial score (nSPS) is 12.6.